The summed E-state index contributed by atoms with van der Waals surface area (Å²) in [6.07, 6.45) is 8.19. The quantitative estimate of drug-likeness (QED) is 0.737. The van der Waals surface area contributed by atoms with Gasteiger partial charge in [0, 0.05) is 38.9 Å². The van der Waals surface area contributed by atoms with Crippen molar-refractivity contribution in [3.63, 3.8) is 0 Å². The zero-order valence-electron chi connectivity index (χ0n) is 15.0. The van der Waals surface area contributed by atoms with Crippen LogP contribution in [0, 0.1) is 5.92 Å². The zero-order chi connectivity index (χ0) is 16.2. The topological polar surface area (TPSA) is 34.2 Å². The third kappa shape index (κ3) is 4.13. The fourth-order valence-electron chi connectivity index (χ4n) is 5.00. The molecular weight excluding hydrogens is 304 g/mol. The van der Waals surface area contributed by atoms with Crippen LogP contribution in [0.3, 0.4) is 0 Å². The van der Waals surface area contributed by atoms with Gasteiger partial charge >= 0.3 is 0 Å². The highest BCUT2D eigenvalue weighted by molar-refractivity contribution is 4.96. The van der Waals surface area contributed by atoms with E-state index in [1.54, 1.807) is 0 Å². The molecule has 5 nitrogen and oxygen atoms in total. The molecule has 0 aromatic rings. The van der Waals surface area contributed by atoms with Crippen LogP contribution >= 0.6 is 0 Å². The lowest BCUT2D eigenvalue weighted by molar-refractivity contribution is -0.118. The summed E-state index contributed by atoms with van der Waals surface area (Å²) in [4.78, 5) is 5.24. The van der Waals surface area contributed by atoms with Gasteiger partial charge in [0.1, 0.15) is 0 Å². The molecule has 3 saturated heterocycles. The predicted octanol–water partition coefficient (Wildman–Crippen LogP) is 1.76. The first-order valence-electron chi connectivity index (χ1n) is 10.2. The van der Waals surface area contributed by atoms with Gasteiger partial charge in [-0.05, 0) is 57.5 Å². The SMILES string of the molecule is C1CCN(CCO[C@@H]2CC[C@H]3[C@H]2OCCN3CC2CCOCC2)C1. The van der Waals surface area contributed by atoms with E-state index in [9.17, 15) is 0 Å². The van der Waals surface area contributed by atoms with Crippen molar-refractivity contribution in [1.82, 2.24) is 9.80 Å². The van der Waals surface area contributed by atoms with E-state index in [2.05, 4.69) is 9.80 Å². The Morgan fingerprint density at radius 3 is 2.58 bits per heavy atom. The molecule has 0 N–H and O–H groups in total. The molecule has 4 rings (SSSR count). The Kier molecular flexibility index (Phi) is 6.07. The predicted molar refractivity (Wildman–Crippen MR) is 93.3 cm³/mol. The average molecular weight is 338 g/mol. The number of nitrogens with zero attached hydrogens (tertiary/aromatic N) is 2. The number of hydrogen-bond acceptors (Lipinski definition) is 5. The van der Waals surface area contributed by atoms with E-state index < -0.39 is 0 Å². The van der Waals surface area contributed by atoms with E-state index in [0.29, 0.717) is 18.2 Å². The van der Waals surface area contributed by atoms with Crippen molar-refractivity contribution >= 4 is 0 Å². The van der Waals surface area contributed by atoms with E-state index >= 15 is 0 Å². The van der Waals surface area contributed by atoms with Gasteiger partial charge in [0.2, 0.25) is 0 Å². The van der Waals surface area contributed by atoms with Gasteiger partial charge in [-0.3, -0.25) is 4.90 Å². The van der Waals surface area contributed by atoms with Crippen LogP contribution in [0.5, 0.6) is 0 Å². The number of fused-ring (bicyclic) bond motifs is 1. The van der Waals surface area contributed by atoms with Crippen LogP contribution in [0.15, 0.2) is 0 Å². The van der Waals surface area contributed by atoms with Crippen LogP contribution in [-0.4, -0.2) is 87.2 Å². The summed E-state index contributed by atoms with van der Waals surface area (Å²) in [6, 6.07) is 0.582. The smallest absolute Gasteiger partial charge is 0.0991 e. The highest BCUT2D eigenvalue weighted by Crippen LogP contribution is 2.33. The van der Waals surface area contributed by atoms with Crippen molar-refractivity contribution in [2.24, 2.45) is 5.92 Å². The molecule has 0 radical (unpaired) electrons. The standard InChI is InChI=1S/C19H34N2O3/c1-2-8-20(7-1)9-13-23-18-4-3-17-19(18)24-14-10-21(17)15-16-5-11-22-12-6-16/h16-19H,1-15H2/t17-,18+,19+/m0/s1. The van der Waals surface area contributed by atoms with Crippen LogP contribution in [0.1, 0.15) is 38.5 Å². The summed E-state index contributed by atoms with van der Waals surface area (Å²) >= 11 is 0. The summed E-state index contributed by atoms with van der Waals surface area (Å²) in [6.45, 7) is 9.59. The van der Waals surface area contributed by atoms with Crippen molar-refractivity contribution < 1.29 is 14.2 Å². The van der Waals surface area contributed by atoms with E-state index in [1.165, 1.54) is 58.2 Å². The first kappa shape index (κ1) is 17.2. The van der Waals surface area contributed by atoms with Crippen molar-refractivity contribution in [1.29, 1.82) is 0 Å². The molecule has 0 unspecified atom stereocenters. The highest BCUT2D eigenvalue weighted by Gasteiger charge is 2.43. The van der Waals surface area contributed by atoms with E-state index in [4.69, 9.17) is 14.2 Å². The molecule has 0 bridgehead atoms. The molecule has 3 atom stereocenters. The second-order valence-electron chi connectivity index (χ2n) is 7.99. The largest absolute Gasteiger partial charge is 0.381 e. The molecule has 0 spiro atoms. The molecule has 0 aromatic heterocycles. The molecule has 4 aliphatic rings. The summed E-state index contributed by atoms with van der Waals surface area (Å²) in [5, 5.41) is 0. The number of ether oxygens (including phenoxy) is 3. The Morgan fingerprint density at radius 1 is 0.917 bits per heavy atom. The van der Waals surface area contributed by atoms with Gasteiger partial charge in [0.05, 0.1) is 25.4 Å². The summed E-state index contributed by atoms with van der Waals surface area (Å²) in [5.41, 5.74) is 0. The van der Waals surface area contributed by atoms with E-state index in [1.807, 2.05) is 0 Å². The van der Waals surface area contributed by atoms with Gasteiger partial charge in [-0.1, -0.05) is 0 Å². The van der Waals surface area contributed by atoms with E-state index in [-0.39, 0.29) is 0 Å². The minimum absolute atomic E-state index is 0.303. The highest BCUT2D eigenvalue weighted by atomic mass is 16.5. The number of morpholine rings is 1. The Labute approximate surface area is 146 Å². The van der Waals surface area contributed by atoms with Crippen LogP contribution in [0.4, 0.5) is 0 Å². The van der Waals surface area contributed by atoms with Crippen molar-refractivity contribution in [3.8, 4) is 0 Å². The summed E-state index contributed by atoms with van der Waals surface area (Å²) in [7, 11) is 0. The minimum atomic E-state index is 0.303. The first-order valence-corrected chi connectivity index (χ1v) is 10.2. The van der Waals surface area contributed by atoms with Crippen molar-refractivity contribution in [2.45, 2.75) is 56.8 Å². The lowest BCUT2D eigenvalue weighted by Gasteiger charge is -2.41. The fraction of sp³-hybridized carbons (Fsp3) is 1.00. The van der Waals surface area contributed by atoms with Crippen LogP contribution in [-0.2, 0) is 14.2 Å². The molecule has 3 aliphatic heterocycles. The van der Waals surface area contributed by atoms with Crippen molar-refractivity contribution in [3.05, 3.63) is 0 Å². The molecule has 1 saturated carbocycles. The molecule has 4 fully saturated rings. The average Bonchev–Trinajstić information content (AvgIpc) is 3.27. The van der Waals surface area contributed by atoms with Crippen LogP contribution < -0.4 is 0 Å². The third-order valence-corrected chi connectivity index (χ3v) is 6.42. The van der Waals surface area contributed by atoms with Gasteiger partial charge in [0.25, 0.3) is 0 Å². The third-order valence-electron chi connectivity index (χ3n) is 6.42. The Balaban J connectivity index is 1.24. The maximum absolute atomic E-state index is 6.26. The second kappa shape index (κ2) is 8.45. The monoisotopic (exact) mass is 338 g/mol. The van der Waals surface area contributed by atoms with Gasteiger partial charge in [-0.2, -0.15) is 0 Å². The van der Waals surface area contributed by atoms with Gasteiger partial charge in [-0.15, -0.1) is 0 Å². The number of likely N-dealkylation sites (tertiary alicyclic amines) is 1. The maximum atomic E-state index is 6.26. The van der Waals surface area contributed by atoms with Gasteiger partial charge in [0.15, 0.2) is 0 Å². The Hall–Kier alpha value is -0.200. The molecule has 1 aliphatic carbocycles. The molecule has 0 amide bonds. The molecule has 138 valence electrons. The first-order chi connectivity index (χ1) is 11.9. The minimum Gasteiger partial charge on any atom is -0.381 e. The second-order valence-corrected chi connectivity index (χ2v) is 7.99. The molecular formula is C19H34N2O3. The maximum Gasteiger partial charge on any atom is 0.0991 e. The van der Waals surface area contributed by atoms with Crippen LogP contribution in [0.2, 0.25) is 0 Å². The molecule has 0 aromatic carbocycles. The molecule has 24 heavy (non-hydrogen) atoms. The molecule has 3 heterocycles. The lowest BCUT2D eigenvalue weighted by atomic mass is 9.98. The lowest BCUT2D eigenvalue weighted by Crippen LogP contribution is -2.53. The normalized spacial score (nSPS) is 36.2. The van der Waals surface area contributed by atoms with Gasteiger partial charge < -0.3 is 19.1 Å². The van der Waals surface area contributed by atoms with Gasteiger partial charge in [-0.25, -0.2) is 0 Å². The Morgan fingerprint density at radius 2 is 1.75 bits per heavy atom. The number of hydrogen-bond donors (Lipinski definition) is 0. The number of rotatable bonds is 6. The summed E-state index contributed by atoms with van der Waals surface area (Å²) in [5.74, 6) is 0.813. The fourth-order valence-corrected chi connectivity index (χ4v) is 5.00. The van der Waals surface area contributed by atoms with Crippen molar-refractivity contribution in [2.75, 3.05) is 59.2 Å². The molecule has 5 heteroatoms. The van der Waals surface area contributed by atoms with E-state index in [0.717, 1.165) is 45.4 Å². The Bertz CT molecular complexity index is 383. The zero-order valence-corrected chi connectivity index (χ0v) is 15.0. The summed E-state index contributed by atoms with van der Waals surface area (Å²) < 4.78 is 17.9. The van der Waals surface area contributed by atoms with Crippen LogP contribution in [0.25, 0.3) is 0 Å².